The van der Waals surface area contributed by atoms with Crippen LogP contribution in [0, 0.1) is 5.92 Å². The number of nitrogens with zero attached hydrogens (tertiary/aromatic N) is 1. The second kappa shape index (κ2) is 10.5. The van der Waals surface area contributed by atoms with Gasteiger partial charge in [0.1, 0.15) is 0 Å². The van der Waals surface area contributed by atoms with Gasteiger partial charge in [0, 0.05) is 26.2 Å². The van der Waals surface area contributed by atoms with Crippen molar-refractivity contribution in [2.75, 3.05) is 39.9 Å². The summed E-state index contributed by atoms with van der Waals surface area (Å²) in [6, 6.07) is -0.198. The molecule has 0 spiro atoms. The highest BCUT2D eigenvalue weighted by Gasteiger charge is 2.24. The van der Waals surface area contributed by atoms with E-state index in [0.717, 1.165) is 19.5 Å². The Morgan fingerprint density at radius 3 is 2.40 bits per heavy atom. The third-order valence-corrected chi connectivity index (χ3v) is 4.70. The van der Waals surface area contributed by atoms with Crippen molar-refractivity contribution in [3.05, 3.63) is 0 Å². The van der Waals surface area contributed by atoms with Gasteiger partial charge in [-0.25, -0.2) is 0 Å². The van der Waals surface area contributed by atoms with Gasteiger partial charge >= 0.3 is 0 Å². The van der Waals surface area contributed by atoms with E-state index in [2.05, 4.69) is 10.0 Å². The van der Waals surface area contributed by atoms with Crippen molar-refractivity contribution in [3.8, 4) is 0 Å². The Kier molecular flexibility index (Phi) is 10.4. The van der Waals surface area contributed by atoms with Gasteiger partial charge in [-0.1, -0.05) is 20.8 Å². The molecule has 1 unspecified atom stereocenters. The first kappa shape index (κ1) is 19.8. The number of ether oxygens (including phenoxy) is 1. The van der Waals surface area contributed by atoms with Gasteiger partial charge in [0.05, 0.1) is 6.61 Å². The molecule has 0 saturated heterocycles. The third-order valence-electron chi connectivity index (χ3n) is 3.09. The molecule has 1 atom stereocenters. The number of rotatable bonds is 12. The van der Waals surface area contributed by atoms with Crippen LogP contribution < -0.4 is 10.0 Å². The molecule has 0 amide bonds. The van der Waals surface area contributed by atoms with Crippen LogP contribution >= 0.6 is 0 Å². The smallest absolute Gasteiger partial charge is 0.279 e. The monoisotopic (exact) mass is 309 g/mol. The molecule has 0 fully saturated rings. The maximum Gasteiger partial charge on any atom is 0.279 e. The van der Waals surface area contributed by atoms with Crippen LogP contribution in [0.15, 0.2) is 0 Å². The second-order valence-electron chi connectivity index (χ2n) is 5.16. The van der Waals surface area contributed by atoms with Crippen LogP contribution in [0.5, 0.6) is 0 Å². The lowest BCUT2D eigenvalue weighted by Gasteiger charge is -2.25. The SMILES string of the molecule is CCNCCCN(C)S(=O)(=O)NC(COCC)C(C)C. The van der Waals surface area contributed by atoms with Gasteiger partial charge < -0.3 is 10.1 Å². The lowest BCUT2D eigenvalue weighted by atomic mass is 10.1. The Bertz CT molecular complexity index is 334. The average molecular weight is 309 g/mol. The van der Waals surface area contributed by atoms with Crippen molar-refractivity contribution in [2.45, 2.75) is 40.2 Å². The summed E-state index contributed by atoms with van der Waals surface area (Å²) >= 11 is 0. The van der Waals surface area contributed by atoms with Crippen molar-refractivity contribution in [3.63, 3.8) is 0 Å². The highest BCUT2D eigenvalue weighted by Crippen LogP contribution is 2.06. The molecule has 0 aliphatic heterocycles. The largest absolute Gasteiger partial charge is 0.380 e. The van der Waals surface area contributed by atoms with Gasteiger partial charge in [-0.05, 0) is 32.4 Å². The molecular formula is C13H31N3O3S. The Morgan fingerprint density at radius 1 is 1.25 bits per heavy atom. The molecule has 0 aromatic rings. The van der Waals surface area contributed by atoms with E-state index in [0.29, 0.717) is 19.8 Å². The molecule has 0 aromatic heterocycles. The average Bonchev–Trinajstić information content (AvgIpc) is 2.38. The maximum absolute atomic E-state index is 12.2. The van der Waals surface area contributed by atoms with Crippen LogP contribution in [-0.4, -0.2) is 58.7 Å². The fourth-order valence-corrected chi connectivity index (χ4v) is 2.88. The van der Waals surface area contributed by atoms with Crippen LogP contribution in [0.1, 0.15) is 34.1 Å². The highest BCUT2D eigenvalue weighted by atomic mass is 32.2. The molecule has 0 aliphatic rings. The minimum atomic E-state index is -3.45. The molecule has 6 nitrogen and oxygen atoms in total. The topological polar surface area (TPSA) is 70.7 Å². The summed E-state index contributed by atoms with van der Waals surface area (Å²) in [6.07, 6.45) is 0.795. The molecule has 0 bridgehead atoms. The van der Waals surface area contributed by atoms with E-state index in [1.54, 1.807) is 7.05 Å². The summed E-state index contributed by atoms with van der Waals surface area (Å²) in [6.45, 7) is 11.1. The van der Waals surface area contributed by atoms with Crippen LogP contribution in [0.4, 0.5) is 0 Å². The molecule has 122 valence electrons. The van der Waals surface area contributed by atoms with Gasteiger partial charge in [-0.3, -0.25) is 0 Å². The van der Waals surface area contributed by atoms with Crippen molar-refractivity contribution in [1.29, 1.82) is 0 Å². The fraction of sp³-hybridized carbons (Fsp3) is 1.00. The van der Waals surface area contributed by atoms with E-state index in [1.807, 2.05) is 27.7 Å². The van der Waals surface area contributed by atoms with Crippen LogP contribution in [-0.2, 0) is 14.9 Å². The number of hydrogen-bond acceptors (Lipinski definition) is 4. The van der Waals surface area contributed by atoms with Crippen molar-refractivity contribution >= 4 is 10.2 Å². The van der Waals surface area contributed by atoms with E-state index < -0.39 is 10.2 Å². The molecule has 20 heavy (non-hydrogen) atoms. The van der Waals surface area contributed by atoms with Crippen molar-refractivity contribution in [2.24, 2.45) is 5.92 Å². The van der Waals surface area contributed by atoms with Gasteiger partial charge in [0.2, 0.25) is 0 Å². The minimum Gasteiger partial charge on any atom is -0.380 e. The van der Waals surface area contributed by atoms with Crippen LogP contribution in [0.25, 0.3) is 0 Å². The van der Waals surface area contributed by atoms with Gasteiger partial charge in [-0.2, -0.15) is 17.4 Å². The standard InChI is InChI=1S/C13H31N3O3S/c1-6-14-9-8-10-16(5)20(17,18)15-13(12(3)4)11-19-7-2/h12-15H,6-11H2,1-5H3. The zero-order valence-corrected chi connectivity index (χ0v) is 14.3. The highest BCUT2D eigenvalue weighted by molar-refractivity contribution is 7.87. The van der Waals surface area contributed by atoms with Gasteiger partial charge in [0.25, 0.3) is 10.2 Å². The molecular weight excluding hydrogens is 278 g/mol. The van der Waals surface area contributed by atoms with Gasteiger partial charge in [-0.15, -0.1) is 0 Å². The first-order chi connectivity index (χ1) is 9.35. The predicted molar refractivity (Wildman–Crippen MR) is 83.0 cm³/mol. The predicted octanol–water partition coefficient (Wildman–Crippen LogP) is 0.813. The molecule has 0 radical (unpaired) electrons. The first-order valence-corrected chi connectivity index (χ1v) is 8.81. The Balaban J connectivity index is 4.37. The lowest BCUT2D eigenvalue weighted by Crippen LogP contribution is -2.48. The Labute approximate surface area is 124 Å². The molecule has 0 aliphatic carbocycles. The Hall–Kier alpha value is -0.210. The van der Waals surface area contributed by atoms with Crippen molar-refractivity contribution in [1.82, 2.24) is 14.3 Å². The molecule has 0 aromatic carbocycles. The Morgan fingerprint density at radius 2 is 1.90 bits per heavy atom. The van der Waals surface area contributed by atoms with E-state index in [1.165, 1.54) is 4.31 Å². The zero-order valence-electron chi connectivity index (χ0n) is 13.5. The van der Waals surface area contributed by atoms with E-state index in [-0.39, 0.29) is 12.0 Å². The molecule has 0 rings (SSSR count). The van der Waals surface area contributed by atoms with E-state index in [9.17, 15) is 8.42 Å². The zero-order chi connectivity index (χ0) is 15.6. The van der Waals surface area contributed by atoms with Gasteiger partial charge in [0.15, 0.2) is 0 Å². The first-order valence-electron chi connectivity index (χ1n) is 7.37. The van der Waals surface area contributed by atoms with Crippen molar-refractivity contribution < 1.29 is 13.2 Å². The fourth-order valence-electron chi connectivity index (χ4n) is 1.61. The van der Waals surface area contributed by atoms with Crippen LogP contribution in [0.2, 0.25) is 0 Å². The molecule has 7 heteroatoms. The lowest BCUT2D eigenvalue weighted by molar-refractivity contribution is 0.115. The summed E-state index contributed by atoms with van der Waals surface area (Å²) in [7, 11) is -1.84. The third kappa shape index (κ3) is 8.16. The maximum atomic E-state index is 12.2. The summed E-state index contributed by atoms with van der Waals surface area (Å²) in [5.74, 6) is 0.187. The summed E-state index contributed by atoms with van der Waals surface area (Å²) in [5, 5.41) is 3.18. The summed E-state index contributed by atoms with van der Waals surface area (Å²) in [5.41, 5.74) is 0. The number of hydrogen-bond donors (Lipinski definition) is 2. The quantitative estimate of drug-likeness (QED) is 0.524. The van der Waals surface area contributed by atoms with Crippen LogP contribution in [0.3, 0.4) is 0 Å². The molecule has 2 N–H and O–H groups in total. The summed E-state index contributed by atoms with van der Waals surface area (Å²) < 4.78 is 33.9. The number of nitrogens with one attached hydrogen (secondary N) is 2. The molecule has 0 saturated carbocycles. The molecule has 0 heterocycles. The normalized spacial score (nSPS) is 14.2. The minimum absolute atomic E-state index is 0.187. The van der Waals surface area contributed by atoms with E-state index >= 15 is 0 Å². The van der Waals surface area contributed by atoms with E-state index in [4.69, 9.17) is 4.74 Å². The second-order valence-corrected chi connectivity index (χ2v) is 6.97. The summed E-state index contributed by atoms with van der Waals surface area (Å²) in [4.78, 5) is 0.